The molecule has 0 spiro atoms. The van der Waals surface area contributed by atoms with E-state index in [4.69, 9.17) is 17.9 Å². The summed E-state index contributed by atoms with van der Waals surface area (Å²) in [5.74, 6) is 0. The fourth-order valence-electron chi connectivity index (χ4n) is 1.50. The summed E-state index contributed by atoms with van der Waals surface area (Å²) in [6.07, 6.45) is 2.00. The van der Waals surface area contributed by atoms with Crippen LogP contribution < -0.4 is 5.32 Å². The summed E-state index contributed by atoms with van der Waals surface area (Å²) in [4.78, 5) is 4.30. The topological polar surface area (TPSA) is 67.4 Å². The van der Waals surface area contributed by atoms with E-state index in [-0.39, 0.29) is 0 Å². The molecule has 1 N–H and O–H groups in total. The molecule has 0 rings (SSSR count). The molecule has 0 saturated heterocycles. The maximum absolute atomic E-state index is 5.34. The molecule has 0 amide bonds. The Labute approximate surface area is 119 Å². The average molecular weight is 311 g/mol. The number of hydrogen-bond donors (Lipinski definition) is 1. The minimum absolute atomic E-state index is 0.302. The molecule has 0 aliphatic rings. The molecule has 9 heteroatoms. The van der Waals surface area contributed by atoms with E-state index >= 15 is 0 Å². The maximum atomic E-state index is 5.34. The summed E-state index contributed by atoms with van der Waals surface area (Å²) < 4.78 is 20.8. The lowest BCUT2D eigenvalue weighted by molar-refractivity contribution is -0.456. The average Bonchev–Trinajstić information content (AvgIpc) is 2.46. The van der Waals surface area contributed by atoms with Gasteiger partial charge in [0.1, 0.15) is 0 Å². The second-order valence-corrected chi connectivity index (χ2v) is 7.76. The van der Waals surface area contributed by atoms with Gasteiger partial charge in [-0.1, -0.05) is 5.04 Å². The van der Waals surface area contributed by atoms with Crippen LogP contribution >= 0.6 is 0 Å². The molecular weight excluding hydrogens is 286 g/mol. The quantitative estimate of drug-likeness (QED) is 0.220. The lowest BCUT2D eigenvalue weighted by Gasteiger charge is -2.24. The van der Waals surface area contributed by atoms with E-state index in [1.807, 2.05) is 0 Å². The molecular formula is C10H25NO6Si2. The second kappa shape index (κ2) is 13.2. The normalized spacial score (nSPS) is 12.0. The third-order valence-corrected chi connectivity index (χ3v) is 6.14. The minimum Gasteiger partial charge on any atom is -0.377 e. The van der Waals surface area contributed by atoms with Crippen molar-refractivity contribution in [1.29, 1.82) is 0 Å². The highest BCUT2D eigenvalue weighted by molar-refractivity contribution is 6.60. The monoisotopic (exact) mass is 311 g/mol. The Morgan fingerprint density at radius 1 is 0.947 bits per heavy atom. The van der Waals surface area contributed by atoms with Gasteiger partial charge >= 0.3 is 8.80 Å². The third kappa shape index (κ3) is 9.65. The highest BCUT2D eigenvalue weighted by Crippen LogP contribution is 2.14. The van der Waals surface area contributed by atoms with Gasteiger partial charge in [-0.25, -0.2) is 4.89 Å². The molecule has 0 heterocycles. The number of rotatable bonds is 14. The van der Waals surface area contributed by atoms with Crippen molar-refractivity contribution in [3.8, 4) is 0 Å². The van der Waals surface area contributed by atoms with Crippen molar-refractivity contribution in [2.75, 3.05) is 41.5 Å². The van der Waals surface area contributed by atoms with E-state index in [0.717, 1.165) is 38.0 Å². The third-order valence-electron chi connectivity index (χ3n) is 2.56. The molecule has 0 bridgehead atoms. The Morgan fingerprint density at radius 2 is 1.58 bits per heavy atom. The van der Waals surface area contributed by atoms with Crippen LogP contribution in [0.3, 0.4) is 0 Å². The van der Waals surface area contributed by atoms with Gasteiger partial charge in [-0.3, -0.25) is 4.58 Å². The molecule has 19 heavy (non-hydrogen) atoms. The maximum Gasteiger partial charge on any atom is 0.500 e. The van der Waals surface area contributed by atoms with Gasteiger partial charge in [0.25, 0.3) is 9.76 Å². The van der Waals surface area contributed by atoms with Crippen molar-refractivity contribution < 1.29 is 27.8 Å². The van der Waals surface area contributed by atoms with Gasteiger partial charge in [0.2, 0.25) is 0 Å². The molecule has 7 nitrogen and oxygen atoms in total. The fraction of sp³-hybridized carbons (Fsp3) is 1.00. The molecule has 0 aliphatic heterocycles. The van der Waals surface area contributed by atoms with Gasteiger partial charge in [0, 0.05) is 27.4 Å². The Kier molecular flexibility index (Phi) is 13.3. The van der Waals surface area contributed by atoms with Crippen molar-refractivity contribution in [2.24, 2.45) is 0 Å². The number of hydrogen-bond acceptors (Lipinski definition) is 7. The van der Waals surface area contributed by atoms with Crippen LogP contribution in [-0.2, 0) is 27.8 Å². The molecule has 0 aromatic carbocycles. The predicted octanol–water partition coefficient (Wildman–Crippen LogP) is 0.781. The van der Waals surface area contributed by atoms with E-state index in [2.05, 4.69) is 15.2 Å². The van der Waals surface area contributed by atoms with Crippen molar-refractivity contribution in [1.82, 2.24) is 5.32 Å². The van der Waals surface area contributed by atoms with Gasteiger partial charge in [-0.05, 0) is 32.0 Å². The van der Waals surface area contributed by atoms with Crippen molar-refractivity contribution >= 4 is 18.6 Å². The summed E-state index contributed by atoms with van der Waals surface area (Å²) in [6.45, 7) is 1.87. The van der Waals surface area contributed by atoms with Crippen LogP contribution in [-0.4, -0.2) is 60.1 Å². The van der Waals surface area contributed by atoms with Gasteiger partial charge in [0.05, 0.1) is 7.11 Å². The van der Waals surface area contributed by atoms with Crippen LogP contribution in [0.2, 0.25) is 12.1 Å². The first-order chi connectivity index (χ1) is 9.24. The first-order valence-electron chi connectivity index (χ1n) is 6.20. The van der Waals surface area contributed by atoms with Crippen LogP contribution in [0.5, 0.6) is 0 Å². The van der Waals surface area contributed by atoms with Crippen LogP contribution in [0.25, 0.3) is 0 Å². The summed E-state index contributed by atoms with van der Waals surface area (Å²) in [7, 11) is 4.22. The minimum atomic E-state index is -2.40. The zero-order valence-electron chi connectivity index (χ0n) is 12.2. The van der Waals surface area contributed by atoms with Crippen molar-refractivity contribution in [2.45, 2.75) is 24.9 Å². The second-order valence-electron chi connectivity index (χ2n) is 3.71. The molecule has 0 aromatic rings. The molecule has 0 unspecified atom stereocenters. The molecule has 0 aliphatic carbocycles. The molecule has 114 valence electrons. The Morgan fingerprint density at radius 3 is 2.16 bits per heavy atom. The standard InChI is InChI=1S/C10H25NO6Si2/c1-12-16-17-18-9-5-7-11-8-6-10-19(13-2,14-3)15-4/h11H,5-10H2,1-4H3. The van der Waals surface area contributed by atoms with Crippen LogP contribution in [0, 0.1) is 0 Å². The summed E-state index contributed by atoms with van der Waals surface area (Å²) in [5.41, 5.74) is 0. The van der Waals surface area contributed by atoms with Crippen molar-refractivity contribution in [3.05, 3.63) is 0 Å². The van der Waals surface area contributed by atoms with Gasteiger partial charge in [-0.2, -0.15) is 0 Å². The lowest BCUT2D eigenvalue weighted by atomic mass is 10.4. The largest absolute Gasteiger partial charge is 0.500 e. The summed E-state index contributed by atoms with van der Waals surface area (Å²) in [5, 5.41) is 7.66. The highest BCUT2D eigenvalue weighted by Gasteiger charge is 2.36. The smallest absolute Gasteiger partial charge is 0.377 e. The van der Waals surface area contributed by atoms with E-state index in [1.54, 1.807) is 21.3 Å². The molecule has 2 radical (unpaired) electrons. The van der Waals surface area contributed by atoms with Crippen LogP contribution in [0.15, 0.2) is 0 Å². The lowest BCUT2D eigenvalue weighted by Crippen LogP contribution is -2.43. The zero-order valence-corrected chi connectivity index (χ0v) is 14.2. The predicted molar refractivity (Wildman–Crippen MR) is 73.4 cm³/mol. The van der Waals surface area contributed by atoms with Crippen molar-refractivity contribution in [3.63, 3.8) is 0 Å². The van der Waals surface area contributed by atoms with Gasteiger partial charge < -0.3 is 18.6 Å². The summed E-state index contributed by atoms with van der Waals surface area (Å²) in [6, 6.07) is 1.76. The number of nitrogens with one attached hydrogen (secondary N) is 1. The first-order valence-corrected chi connectivity index (χ1v) is 9.24. The van der Waals surface area contributed by atoms with Crippen LogP contribution in [0.4, 0.5) is 0 Å². The first kappa shape index (κ1) is 19.2. The zero-order chi connectivity index (χ0) is 14.4. The Bertz CT molecular complexity index is 189. The molecule has 0 atom stereocenters. The van der Waals surface area contributed by atoms with E-state index < -0.39 is 8.80 Å². The Hall–Kier alpha value is 0.154. The van der Waals surface area contributed by atoms with Crippen LogP contribution in [0.1, 0.15) is 12.8 Å². The highest BCUT2D eigenvalue weighted by atomic mass is 28.4. The van der Waals surface area contributed by atoms with E-state index in [9.17, 15) is 0 Å². The molecule has 0 fully saturated rings. The Balaban J connectivity index is 3.35. The van der Waals surface area contributed by atoms with Gasteiger partial charge in [-0.15, -0.1) is 0 Å². The van der Waals surface area contributed by atoms with E-state index in [0.29, 0.717) is 9.76 Å². The fourth-order valence-corrected chi connectivity index (χ4v) is 3.74. The van der Waals surface area contributed by atoms with E-state index in [1.165, 1.54) is 7.11 Å². The van der Waals surface area contributed by atoms with Gasteiger partial charge in [0.15, 0.2) is 0 Å². The molecule has 0 aromatic heterocycles. The summed E-state index contributed by atoms with van der Waals surface area (Å²) >= 11 is 0. The SMILES string of the molecule is COOO[Si]CCCNCCC[Si](OC)(OC)OC. The molecule has 0 saturated carbocycles.